The van der Waals surface area contributed by atoms with E-state index < -0.39 is 48.5 Å². The lowest BCUT2D eigenvalue weighted by atomic mass is 9.75. The van der Waals surface area contributed by atoms with Gasteiger partial charge in [-0.3, -0.25) is 35.5 Å². The van der Waals surface area contributed by atoms with Gasteiger partial charge in [0.05, 0.1) is 50.0 Å². The van der Waals surface area contributed by atoms with Crippen LogP contribution in [-0.2, 0) is 19.0 Å². The predicted molar refractivity (Wildman–Crippen MR) is 276 cm³/mol. The number of allylic oxidation sites excluding steroid dienone is 1. The molecule has 18 atom stereocenters. The highest BCUT2D eigenvalue weighted by Crippen LogP contribution is 2.57. The summed E-state index contributed by atoms with van der Waals surface area (Å²) in [5.41, 5.74) is 0.670. The third kappa shape index (κ3) is 9.86. The van der Waals surface area contributed by atoms with Gasteiger partial charge >= 0.3 is 6.09 Å². The number of aliphatic imine (C=N–C) groups is 1. The maximum absolute atomic E-state index is 17.9. The molecule has 18 heteroatoms. The Morgan fingerprint density at radius 3 is 2.60 bits per heavy atom. The van der Waals surface area contributed by atoms with Crippen molar-refractivity contribution in [2.24, 2.45) is 46.4 Å². The van der Waals surface area contributed by atoms with Crippen molar-refractivity contribution >= 4 is 29.6 Å². The second-order valence-corrected chi connectivity index (χ2v) is 25.3. The number of aliphatic hydroxyl groups excluding tert-OH is 1. The van der Waals surface area contributed by atoms with Gasteiger partial charge in [0, 0.05) is 85.5 Å². The van der Waals surface area contributed by atoms with Crippen LogP contribution in [0.25, 0.3) is 0 Å². The van der Waals surface area contributed by atoms with Crippen molar-refractivity contribution in [2.75, 3.05) is 54.0 Å². The lowest BCUT2D eigenvalue weighted by molar-refractivity contribution is -0.181. The van der Waals surface area contributed by atoms with Crippen LogP contribution in [0.2, 0.25) is 0 Å². The Hall–Kier alpha value is -2.68. The number of alkyl halides is 1. The zero-order chi connectivity index (χ0) is 50.9. The number of amidine groups is 1. The number of rotatable bonds is 16. The first-order valence-corrected chi connectivity index (χ1v) is 28.5. The molecular weight excluding hydrogens is 941 g/mol. The largest absolute Gasteiger partial charge is 0.453 e. The number of thioether (sulfide) groups is 1. The summed E-state index contributed by atoms with van der Waals surface area (Å²) in [5, 5.41) is 25.2. The molecule has 10 aliphatic rings. The smallest absolute Gasteiger partial charge is 0.409 e. The Morgan fingerprint density at radius 1 is 1.08 bits per heavy atom. The maximum Gasteiger partial charge on any atom is 0.409 e. The lowest BCUT2D eigenvalue weighted by Crippen LogP contribution is -2.61. The van der Waals surface area contributed by atoms with Crippen LogP contribution in [0.5, 0.6) is 0 Å². The van der Waals surface area contributed by atoms with E-state index in [-0.39, 0.29) is 83.8 Å². The Morgan fingerprint density at radius 2 is 1.88 bits per heavy atom. The fourth-order valence-corrected chi connectivity index (χ4v) is 16.2. The van der Waals surface area contributed by atoms with Crippen molar-refractivity contribution in [1.29, 1.82) is 0 Å². The number of aliphatic hydroxyl groups is 1. The molecule has 0 aromatic heterocycles. The van der Waals surface area contributed by atoms with Gasteiger partial charge in [-0.15, -0.1) is 11.8 Å². The molecule has 3 aliphatic carbocycles. The van der Waals surface area contributed by atoms with E-state index in [0.29, 0.717) is 44.1 Å². The van der Waals surface area contributed by atoms with Gasteiger partial charge in [0.2, 0.25) is 12.3 Å². The quantitative estimate of drug-likeness (QED) is 0.0947. The number of carbonyl (C=O) groups excluding carboxylic acids is 2. The van der Waals surface area contributed by atoms with Crippen LogP contribution in [0.1, 0.15) is 106 Å². The van der Waals surface area contributed by atoms with E-state index in [1.54, 1.807) is 4.90 Å². The molecule has 5 N–H and O–H groups in total. The van der Waals surface area contributed by atoms with Gasteiger partial charge in [0.1, 0.15) is 24.1 Å². The van der Waals surface area contributed by atoms with Crippen LogP contribution in [0.15, 0.2) is 39.5 Å². The first-order chi connectivity index (χ1) is 34.5. The van der Waals surface area contributed by atoms with Crippen molar-refractivity contribution in [2.45, 2.75) is 190 Å². The number of amides is 2. The minimum Gasteiger partial charge on any atom is -0.453 e. The van der Waals surface area contributed by atoms with E-state index in [0.717, 1.165) is 62.5 Å². The number of methoxy groups -OCH3 is 2. The molecule has 5 saturated heterocycles. The molecule has 0 spiro atoms. The fraction of sp³-hybridized carbons (Fsp3) is 0.833. The predicted octanol–water partition coefficient (Wildman–Crippen LogP) is 5.73. The Labute approximate surface area is 431 Å². The van der Waals surface area contributed by atoms with E-state index in [4.69, 9.17) is 19.2 Å². The van der Waals surface area contributed by atoms with Crippen molar-refractivity contribution in [3.8, 4) is 0 Å². The van der Waals surface area contributed by atoms with E-state index in [2.05, 4.69) is 70.9 Å². The molecule has 1 saturated carbocycles. The molecule has 2 amide bonds. The van der Waals surface area contributed by atoms with E-state index >= 15 is 8.78 Å². The monoisotopic (exact) mass is 1030 g/mol. The van der Waals surface area contributed by atoms with Gasteiger partial charge in [0.15, 0.2) is 0 Å². The molecule has 0 bridgehead atoms. The fourth-order valence-electron chi connectivity index (χ4n) is 14.7. The Kier molecular flexibility index (Phi) is 15.7. The van der Waals surface area contributed by atoms with Crippen molar-refractivity contribution in [3.05, 3.63) is 34.5 Å². The Bertz CT molecular complexity index is 2130. The molecule has 10 rings (SSSR count). The second-order valence-electron chi connectivity index (χ2n) is 24.0. The molecule has 402 valence electrons. The van der Waals surface area contributed by atoms with Crippen LogP contribution in [0.3, 0.4) is 0 Å². The number of carbonyl (C=O) groups is 2. The topological polar surface area (TPSA) is 156 Å². The van der Waals surface area contributed by atoms with Crippen LogP contribution in [0.4, 0.5) is 13.6 Å². The summed E-state index contributed by atoms with van der Waals surface area (Å²) >= 11 is 1.93. The summed E-state index contributed by atoms with van der Waals surface area (Å²) in [7, 11) is 4.66. The molecule has 6 fully saturated rings. The van der Waals surface area contributed by atoms with Crippen LogP contribution < -0.4 is 21.3 Å². The number of likely N-dealkylation sites (tertiary alicyclic amines) is 2. The third-order valence-electron chi connectivity index (χ3n) is 19.2. The zero-order valence-electron chi connectivity index (χ0n) is 44.3. The number of nitrogens with one attached hydrogen (secondary N) is 4. The summed E-state index contributed by atoms with van der Waals surface area (Å²) in [5.74, 6) is 0.314. The minimum atomic E-state index is -1.24. The maximum atomic E-state index is 17.9. The van der Waals surface area contributed by atoms with Gasteiger partial charge < -0.3 is 34.4 Å². The lowest BCUT2D eigenvalue weighted by Gasteiger charge is -2.51. The van der Waals surface area contributed by atoms with Crippen molar-refractivity contribution < 1.29 is 37.7 Å². The van der Waals surface area contributed by atoms with Crippen molar-refractivity contribution in [3.63, 3.8) is 0 Å². The highest BCUT2D eigenvalue weighted by molar-refractivity contribution is 8.04. The average Bonchev–Trinajstić information content (AvgIpc) is 4.04. The van der Waals surface area contributed by atoms with Gasteiger partial charge in [0.25, 0.3) is 0 Å². The molecule has 7 heterocycles. The molecule has 9 unspecified atom stereocenters. The third-order valence-corrected chi connectivity index (χ3v) is 20.7. The summed E-state index contributed by atoms with van der Waals surface area (Å²) in [6, 6.07) is -1.18. The number of likely N-dealkylation sites (N-methyl/N-ethyl adjacent to an activating group) is 1. The number of fused-ring (bicyclic) bond motifs is 5. The number of ether oxygens (including phenoxy) is 3. The number of hydrogen-bond donors (Lipinski definition) is 5. The summed E-state index contributed by atoms with van der Waals surface area (Å²) in [6.45, 7) is 16.1. The number of nitrogens with zero attached hydrogens (tertiary/aromatic N) is 5. The van der Waals surface area contributed by atoms with Crippen LogP contribution in [0, 0.1) is 41.4 Å². The van der Waals surface area contributed by atoms with Crippen LogP contribution in [-0.4, -0.2) is 181 Å². The number of halogens is 2. The van der Waals surface area contributed by atoms with Crippen LogP contribution >= 0.6 is 11.8 Å². The molecular formula is C54H85F2N9O6S. The normalized spacial score (nSPS) is 39.7. The standard InChI is InChI=1S/C54H85F2N9O6S/c1-28(2)40(62(7)53(68)70-9)27-63-20-10-12-39(63)49-58-26-37(60-49)33-23-35(55)44-41(24-33)71-51(43-18-17-42(72-43)31-13-14-31)65-38-16-15-32(22-34(38)45(56)47(44)65)36-25-57-48(59-36)30(5)54(6)19-11-21-64(54)50(66)46(29(3)4)61-52(67)69-8/h15,18,23,28-31,33-34,36-42,44-47,49,51-52,58,60-61,67H,10-14,16-17,19-22,24-27H2,1-9H3,(H,57,59)/t30?,33-,34-,36?,37-,38+,39+,40-,41?,42?,44+,45?,46+,47?,49?,51?,52?,54-/m1/s1. The highest BCUT2D eigenvalue weighted by Gasteiger charge is 2.63. The molecule has 0 radical (unpaired) electrons. The molecule has 15 nitrogen and oxygen atoms in total. The molecule has 72 heavy (non-hydrogen) atoms. The molecule has 7 aliphatic heterocycles. The SMILES string of the molecule is COC(=O)N(C)[C@H](CN1CCC[C@H]1C1NC[C@H]([C@@H]2C=C(F)[C@H]3C(C2)OC(C2=CCC(C4CC4)S2)N2C3C(F)[C@@H]3CC(C4CN=C(C(C)[C@@]5(C)CCCN5C(=O)[C@@H](NC(O)OC)C(C)C)N4)=CC[C@@H]32)N1)C(C)C. The van der Waals surface area contributed by atoms with E-state index in [1.165, 1.54) is 32.0 Å². The van der Waals surface area contributed by atoms with Gasteiger partial charge in [-0.2, -0.15) is 0 Å². The first kappa shape index (κ1) is 52.7. The minimum absolute atomic E-state index is 0.00119. The zero-order valence-corrected chi connectivity index (χ0v) is 45.1. The molecule has 0 aromatic rings. The Balaban J connectivity index is 0.828. The summed E-state index contributed by atoms with van der Waals surface area (Å²) in [4.78, 5) is 41.5. The summed E-state index contributed by atoms with van der Waals surface area (Å²) < 4.78 is 52.5. The van der Waals surface area contributed by atoms with Gasteiger partial charge in [-0.05, 0) is 113 Å². The van der Waals surface area contributed by atoms with E-state index in [1.807, 2.05) is 43.6 Å². The van der Waals surface area contributed by atoms with Crippen molar-refractivity contribution in [1.82, 2.24) is 40.9 Å². The number of hydrogen-bond acceptors (Lipinski definition) is 14. The van der Waals surface area contributed by atoms with Gasteiger partial charge in [-0.25, -0.2) is 13.6 Å². The summed E-state index contributed by atoms with van der Waals surface area (Å²) in [6.07, 6.45) is 12.1. The average molecular weight is 1030 g/mol. The van der Waals surface area contributed by atoms with Gasteiger partial charge in [-0.1, -0.05) is 46.8 Å². The second kappa shape index (κ2) is 21.4. The first-order valence-electron chi connectivity index (χ1n) is 27.6. The van der Waals surface area contributed by atoms with E-state index in [9.17, 15) is 14.7 Å². The molecule has 0 aromatic carbocycles. The highest BCUT2D eigenvalue weighted by atomic mass is 32.2.